The first-order valence-corrected chi connectivity index (χ1v) is 6.53. The van der Waals surface area contributed by atoms with Gasteiger partial charge in [0.2, 0.25) is 0 Å². The minimum Gasteiger partial charge on any atom is -0.433 e. The highest BCUT2D eigenvalue weighted by molar-refractivity contribution is 7.12. The molecular weight excluding hydrogens is 278 g/mol. The largest absolute Gasteiger partial charge is 0.433 e. The summed E-state index contributed by atoms with van der Waals surface area (Å²) in [5.41, 5.74) is 0. The number of amides is 1. The molecule has 0 atom stereocenters. The van der Waals surface area contributed by atoms with Crippen molar-refractivity contribution in [1.82, 2.24) is 10.6 Å². The molecule has 0 bridgehead atoms. The zero-order chi connectivity index (χ0) is 14.1. The normalized spacial score (nSPS) is 10.7. The molecule has 0 aliphatic carbocycles. The van der Waals surface area contributed by atoms with Crippen molar-refractivity contribution in [1.29, 1.82) is 0 Å². The number of rotatable bonds is 9. The Balaban J connectivity index is 2.31. The van der Waals surface area contributed by atoms with Crippen LogP contribution in [0.1, 0.15) is 9.67 Å². The van der Waals surface area contributed by atoms with Crippen molar-refractivity contribution in [3.63, 3.8) is 0 Å². The van der Waals surface area contributed by atoms with Gasteiger partial charge in [0.25, 0.3) is 5.91 Å². The van der Waals surface area contributed by atoms with Crippen LogP contribution < -0.4 is 15.4 Å². The van der Waals surface area contributed by atoms with E-state index >= 15 is 0 Å². The van der Waals surface area contributed by atoms with Gasteiger partial charge in [-0.05, 0) is 11.4 Å². The first-order chi connectivity index (χ1) is 9.15. The number of alkyl halides is 2. The third-order valence-electron chi connectivity index (χ3n) is 2.12. The molecular formula is C11H16F2N2O3S. The first-order valence-electron chi connectivity index (χ1n) is 5.65. The quantitative estimate of drug-likeness (QED) is 0.674. The van der Waals surface area contributed by atoms with E-state index in [1.54, 1.807) is 7.11 Å². The lowest BCUT2D eigenvalue weighted by Crippen LogP contribution is -2.32. The SMILES string of the molecule is COCCNCCNC(=O)c1sccc1OC(F)F. The highest BCUT2D eigenvalue weighted by Crippen LogP contribution is 2.26. The van der Waals surface area contributed by atoms with Crippen molar-refractivity contribution in [3.05, 3.63) is 16.3 Å². The van der Waals surface area contributed by atoms with Crippen molar-refractivity contribution in [2.45, 2.75) is 6.61 Å². The number of halogens is 2. The molecule has 8 heteroatoms. The molecule has 0 aliphatic heterocycles. The molecule has 2 N–H and O–H groups in total. The molecule has 19 heavy (non-hydrogen) atoms. The van der Waals surface area contributed by atoms with Crippen LogP contribution in [0.25, 0.3) is 0 Å². The Labute approximate surface area is 113 Å². The zero-order valence-corrected chi connectivity index (χ0v) is 11.3. The summed E-state index contributed by atoms with van der Waals surface area (Å²) >= 11 is 1.06. The number of ether oxygens (including phenoxy) is 2. The molecule has 0 radical (unpaired) electrons. The van der Waals surface area contributed by atoms with Crippen LogP contribution in [0.5, 0.6) is 5.75 Å². The Hall–Kier alpha value is -1.25. The third-order valence-corrected chi connectivity index (χ3v) is 3.02. The van der Waals surface area contributed by atoms with Gasteiger partial charge in [0, 0.05) is 26.7 Å². The highest BCUT2D eigenvalue weighted by atomic mass is 32.1. The van der Waals surface area contributed by atoms with Gasteiger partial charge in [0.1, 0.15) is 10.6 Å². The number of nitrogens with one attached hydrogen (secondary N) is 2. The molecule has 0 saturated carbocycles. The Morgan fingerprint density at radius 1 is 1.42 bits per heavy atom. The second-order valence-corrected chi connectivity index (χ2v) is 4.41. The van der Waals surface area contributed by atoms with Crippen molar-refractivity contribution >= 4 is 17.2 Å². The van der Waals surface area contributed by atoms with E-state index in [-0.39, 0.29) is 10.6 Å². The molecule has 0 aliphatic rings. The van der Waals surface area contributed by atoms with Crippen molar-refractivity contribution in [2.75, 3.05) is 33.4 Å². The molecule has 108 valence electrons. The van der Waals surface area contributed by atoms with Crippen LogP contribution in [0.3, 0.4) is 0 Å². The Morgan fingerprint density at radius 3 is 2.89 bits per heavy atom. The van der Waals surface area contributed by atoms with Gasteiger partial charge in [0.15, 0.2) is 0 Å². The van der Waals surface area contributed by atoms with Crippen molar-refractivity contribution in [3.8, 4) is 5.75 Å². The van der Waals surface area contributed by atoms with Gasteiger partial charge in [-0.25, -0.2) is 0 Å². The minimum atomic E-state index is -2.93. The molecule has 0 saturated heterocycles. The van der Waals surface area contributed by atoms with E-state index < -0.39 is 12.5 Å². The first kappa shape index (κ1) is 15.8. The summed E-state index contributed by atoms with van der Waals surface area (Å²) in [5.74, 6) is -0.510. The van der Waals surface area contributed by atoms with Crippen LogP contribution in [-0.4, -0.2) is 45.9 Å². The number of carbonyl (C=O) groups is 1. The topological polar surface area (TPSA) is 59.6 Å². The standard InChI is InChI=1S/C11H16F2N2O3S/c1-17-6-5-14-3-4-15-10(16)9-8(2-7-19-9)18-11(12)13/h2,7,11,14H,3-6H2,1H3,(H,15,16). The van der Waals surface area contributed by atoms with Crippen LogP contribution in [0, 0.1) is 0 Å². The van der Waals surface area contributed by atoms with Gasteiger partial charge >= 0.3 is 6.61 Å². The zero-order valence-electron chi connectivity index (χ0n) is 10.4. The van der Waals surface area contributed by atoms with Crippen LogP contribution in [0.15, 0.2) is 11.4 Å². The van der Waals surface area contributed by atoms with E-state index in [9.17, 15) is 13.6 Å². The predicted octanol–water partition coefficient (Wildman–Crippen LogP) is 1.32. The molecule has 1 amide bonds. The smallest absolute Gasteiger partial charge is 0.387 e. The van der Waals surface area contributed by atoms with E-state index in [2.05, 4.69) is 15.4 Å². The summed E-state index contributed by atoms with van der Waals surface area (Å²) in [6, 6.07) is 1.35. The van der Waals surface area contributed by atoms with Crippen LogP contribution in [-0.2, 0) is 4.74 Å². The van der Waals surface area contributed by atoms with E-state index in [1.165, 1.54) is 11.4 Å². The molecule has 1 heterocycles. The summed E-state index contributed by atoms with van der Waals surface area (Å²) in [6.07, 6.45) is 0. The fraction of sp³-hybridized carbons (Fsp3) is 0.545. The fourth-order valence-electron chi connectivity index (χ4n) is 1.30. The average Bonchev–Trinajstić information content (AvgIpc) is 2.80. The van der Waals surface area contributed by atoms with Crippen LogP contribution in [0.4, 0.5) is 8.78 Å². The van der Waals surface area contributed by atoms with E-state index in [4.69, 9.17) is 4.74 Å². The van der Waals surface area contributed by atoms with Gasteiger partial charge < -0.3 is 20.1 Å². The fourth-order valence-corrected chi connectivity index (χ4v) is 2.03. The predicted molar refractivity (Wildman–Crippen MR) is 68.0 cm³/mol. The van der Waals surface area contributed by atoms with Crippen molar-refractivity contribution < 1.29 is 23.0 Å². The molecule has 1 aromatic heterocycles. The summed E-state index contributed by atoms with van der Waals surface area (Å²) in [5, 5.41) is 7.20. The van der Waals surface area contributed by atoms with Crippen LogP contribution >= 0.6 is 11.3 Å². The lowest BCUT2D eigenvalue weighted by Gasteiger charge is -2.07. The number of hydrogen-bond acceptors (Lipinski definition) is 5. The van der Waals surface area contributed by atoms with E-state index in [1.807, 2.05) is 0 Å². The van der Waals surface area contributed by atoms with Crippen molar-refractivity contribution in [2.24, 2.45) is 0 Å². The van der Waals surface area contributed by atoms with E-state index in [0.29, 0.717) is 26.2 Å². The second kappa shape index (κ2) is 8.78. The molecule has 0 unspecified atom stereocenters. The number of thiophene rings is 1. The van der Waals surface area contributed by atoms with Crippen LogP contribution in [0.2, 0.25) is 0 Å². The Kier molecular flexibility index (Phi) is 7.31. The minimum absolute atomic E-state index is 0.0927. The lowest BCUT2D eigenvalue weighted by molar-refractivity contribution is -0.0498. The van der Waals surface area contributed by atoms with Gasteiger partial charge in [0.05, 0.1) is 6.61 Å². The van der Waals surface area contributed by atoms with E-state index in [0.717, 1.165) is 11.3 Å². The average molecular weight is 294 g/mol. The molecule has 1 rings (SSSR count). The van der Waals surface area contributed by atoms with Gasteiger partial charge in [-0.15, -0.1) is 11.3 Å². The monoisotopic (exact) mass is 294 g/mol. The molecule has 5 nitrogen and oxygen atoms in total. The van der Waals surface area contributed by atoms with Gasteiger partial charge in [-0.3, -0.25) is 4.79 Å². The highest BCUT2D eigenvalue weighted by Gasteiger charge is 2.16. The number of methoxy groups -OCH3 is 1. The molecule has 1 aromatic rings. The number of carbonyl (C=O) groups excluding carboxylic acids is 1. The Morgan fingerprint density at radius 2 is 2.21 bits per heavy atom. The summed E-state index contributed by atoms with van der Waals surface area (Å²) < 4.78 is 33.3. The maximum Gasteiger partial charge on any atom is 0.387 e. The van der Waals surface area contributed by atoms with Gasteiger partial charge in [-0.1, -0.05) is 0 Å². The maximum absolute atomic E-state index is 12.1. The summed E-state index contributed by atoms with van der Waals surface area (Å²) in [7, 11) is 1.60. The second-order valence-electron chi connectivity index (χ2n) is 3.49. The maximum atomic E-state index is 12.1. The Bertz CT molecular complexity index is 388. The molecule has 0 aromatic carbocycles. The molecule has 0 spiro atoms. The van der Waals surface area contributed by atoms with Gasteiger partial charge in [-0.2, -0.15) is 8.78 Å². The third kappa shape index (κ3) is 5.95. The molecule has 0 fully saturated rings. The summed E-state index contributed by atoms with van der Waals surface area (Å²) in [6.45, 7) is -0.687. The lowest BCUT2D eigenvalue weighted by atomic mass is 10.4. The number of hydrogen-bond donors (Lipinski definition) is 2. The summed E-state index contributed by atoms with van der Waals surface area (Å²) in [4.78, 5) is 11.9.